The zero-order valence-corrected chi connectivity index (χ0v) is 16.7. The summed E-state index contributed by atoms with van der Waals surface area (Å²) in [6.45, 7) is -0.0851. The molecule has 0 saturated carbocycles. The number of ether oxygens (including phenoxy) is 2. The number of carbonyl (C=O) groups is 2. The molecular formula is C18H14Cl2N2O4S. The molecule has 140 valence electrons. The summed E-state index contributed by atoms with van der Waals surface area (Å²) >= 11 is 13.3. The Labute approximate surface area is 168 Å². The molecule has 0 N–H and O–H groups in total. The van der Waals surface area contributed by atoms with E-state index < -0.39 is 11.9 Å². The van der Waals surface area contributed by atoms with E-state index in [0.717, 1.165) is 10.2 Å². The standard InChI is InChI=1S/C18H14Cl2N2O4S/c1-25-11-4-6-14-15(8-11)27-18(22(14)9-16(23)26-2)21-17(24)12-7-10(19)3-5-13(12)20/h3-8H,9H2,1-2H3. The Morgan fingerprint density at radius 3 is 2.63 bits per heavy atom. The third-order valence-corrected chi connectivity index (χ3v) is 5.37. The van der Waals surface area contributed by atoms with Crippen LogP contribution in [0, 0.1) is 0 Å². The Hall–Kier alpha value is -2.35. The molecule has 0 unspecified atom stereocenters. The molecule has 0 saturated heterocycles. The fraction of sp³-hybridized carbons (Fsp3) is 0.167. The van der Waals surface area contributed by atoms with Crippen LogP contribution in [0.5, 0.6) is 5.75 Å². The van der Waals surface area contributed by atoms with Gasteiger partial charge in [-0.05, 0) is 36.4 Å². The monoisotopic (exact) mass is 424 g/mol. The summed E-state index contributed by atoms with van der Waals surface area (Å²) in [5.41, 5.74) is 0.916. The summed E-state index contributed by atoms with van der Waals surface area (Å²) in [4.78, 5) is 29.0. The van der Waals surface area contributed by atoms with Gasteiger partial charge in [0.2, 0.25) is 0 Å². The molecule has 6 nitrogen and oxygen atoms in total. The van der Waals surface area contributed by atoms with Gasteiger partial charge in [-0.3, -0.25) is 9.59 Å². The fourth-order valence-corrected chi connectivity index (χ4v) is 3.85. The first-order chi connectivity index (χ1) is 12.9. The van der Waals surface area contributed by atoms with Crippen molar-refractivity contribution < 1.29 is 19.1 Å². The fourth-order valence-electron chi connectivity index (χ4n) is 2.42. The van der Waals surface area contributed by atoms with Crippen molar-refractivity contribution in [2.24, 2.45) is 4.99 Å². The van der Waals surface area contributed by atoms with Gasteiger partial charge >= 0.3 is 5.97 Å². The van der Waals surface area contributed by atoms with E-state index in [1.54, 1.807) is 29.9 Å². The largest absolute Gasteiger partial charge is 0.497 e. The zero-order chi connectivity index (χ0) is 19.6. The van der Waals surface area contributed by atoms with Crippen LogP contribution >= 0.6 is 34.5 Å². The molecule has 0 aliphatic heterocycles. The van der Waals surface area contributed by atoms with Crippen molar-refractivity contribution >= 4 is 56.6 Å². The minimum atomic E-state index is -0.556. The number of nitrogens with zero attached hydrogens (tertiary/aromatic N) is 2. The molecule has 0 bridgehead atoms. The lowest BCUT2D eigenvalue weighted by Crippen LogP contribution is -2.22. The second-order valence-corrected chi connectivity index (χ2v) is 7.27. The lowest BCUT2D eigenvalue weighted by Gasteiger charge is -2.05. The molecule has 0 aliphatic rings. The third-order valence-electron chi connectivity index (χ3n) is 3.76. The van der Waals surface area contributed by atoms with E-state index in [1.165, 1.54) is 30.6 Å². The van der Waals surface area contributed by atoms with E-state index in [1.807, 2.05) is 6.07 Å². The van der Waals surface area contributed by atoms with Crippen molar-refractivity contribution in [2.45, 2.75) is 6.54 Å². The first-order valence-electron chi connectivity index (χ1n) is 7.71. The van der Waals surface area contributed by atoms with Crippen molar-refractivity contribution in [3.8, 4) is 5.75 Å². The Morgan fingerprint density at radius 2 is 1.93 bits per heavy atom. The van der Waals surface area contributed by atoms with Gasteiger partial charge in [0.25, 0.3) is 5.91 Å². The Balaban J connectivity index is 2.17. The quantitative estimate of drug-likeness (QED) is 0.594. The maximum absolute atomic E-state index is 12.6. The van der Waals surface area contributed by atoms with Crippen molar-refractivity contribution in [1.29, 1.82) is 0 Å². The van der Waals surface area contributed by atoms with E-state index in [0.29, 0.717) is 15.6 Å². The van der Waals surface area contributed by atoms with Crippen LogP contribution < -0.4 is 9.54 Å². The van der Waals surface area contributed by atoms with Crippen molar-refractivity contribution in [2.75, 3.05) is 14.2 Å². The van der Waals surface area contributed by atoms with Gasteiger partial charge in [0.1, 0.15) is 12.3 Å². The number of halogens is 2. The van der Waals surface area contributed by atoms with Crippen LogP contribution in [0.3, 0.4) is 0 Å². The van der Waals surface area contributed by atoms with Crippen LogP contribution in [-0.2, 0) is 16.1 Å². The Bertz CT molecular complexity index is 1100. The number of hydrogen-bond acceptors (Lipinski definition) is 5. The molecule has 3 rings (SSSR count). The summed E-state index contributed by atoms with van der Waals surface area (Å²) in [7, 11) is 2.86. The van der Waals surface area contributed by atoms with Crippen LogP contribution in [0.2, 0.25) is 10.0 Å². The molecule has 0 radical (unpaired) electrons. The summed E-state index contributed by atoms with van der Waals surface area (Å²) in [5, 5.41) is 0.622. The third kappa shape index (κ3) is 4.16. The van der Waals surface area contributed by atoms with Crippen LogP contribution in [0.25, 0.3) is 10.2 Å². The predicted molar refractivity (Wildman–Crippen MR) is 105 cm³/mol. The summed E-state index contributed by atoms with van der Waals surface area (Å²) < 4.78 is 12.4. The highest BCUT2D eigenvalue weighted by molar-refractivity contribution is 7.16. The molecule has 3 aromatic rings. The SMILES string of the molecule is COC(=O)Cn1c(=NC(=O)c2cc(Cl)ccc2Cl)sc2cc(OC)ccc21. The smallest absolute Gasteiger partial charge is 0.325 e. The highest BCUT2D eigenvalue weighted by Crippen LogP contribution is 2.24. The van der Waals surface area contributed by atoms with Crippen LogP contribution in [0.4, 0.5) is 0 Å². The topological polar surface area (TPSA) is 69.9 Å². The molecule has 0 atom stereocenters. The highest BCUT2D eigenvalue weighted by atomic mass is 35.5. The van der Waals surface area contributed by atoms with Gasteiger partial charge in [0, 0.05) is 5.02 Å². The molecule has 27 heavy (non-hydrogen) atoms. The lowest BCUT2D eigenvalue weighted by molar-refractivity contribution is -0.141. The van der Waals surface area contributed by atoms with Crippen LogP contribution in [0.15, 0.2) is 41.4 Å². The number of fused-ring (bicyclic) bond motifs is 1. The van der Waals surface area contributed by atoms with Gasteiger partial charge in [-0.2, -0.15) is 4.99 Å². The summed E-state index contributed by atoms with van der Waals surface area (Å²) in [6, 6.07) is 9.95. The second-order valence-electron chi connectivity index (χ2n) is 5.42. The molecule has 1 aromatic heterocycles. The van der Waals surface area contributed by atoms with Crippen molar-refractivity contribution in [3.63, 3.8) is 0 Å². The number of thiazole rings is 1. The molecule has 2 aromatic carbocycles. The number of hydrogen-bond donors (Lipinski definition) is 0. The highest BCUT2D eigenvalue weighted by Gasteiger charge is 2.15. The number of benzene rings is 2. The first-order valence-corrected chi connectivity index (χ1v) is 9.28. The number of carbonyl (C=O) groups excluding carboxylic acids is 2. The van der Waals surface area contributed by atoms with Gasteiger partial charge in [0.05, 0.1) is 35.0 Å². The lowest BCUT2D eigenvalue weighted by atomic mass is 10.2. The number of rotatable bonds is 4. The summed E-state index contributed by atoms with van der Waals surface area (Å²) in [6.07, 6.45) is 0. The molecule has 9 heteroatoms. The molecule has 0 fully saturated rings. The van der Waals surface area contributed by atoms with Gasteiger partial charge in [-0.15, -0.1) is 0 Å². The molecule has 0 aliphatic carbocycles. The number of methoxy groups -OCH3 is 2. The first kappa shape index (κ1) is 19.4. The van der Waals surface area contributed by atoms with Crippen LogP contribution in [0.1, 0.15) is 10.4 Å². The maximum Gasteiger partial charge on any atom is 0.325 e. The number of amides is 1. The molecular weight excluding hydrogens is 411 g/mol. The maximum atomic E-state index is 12.6. The molecule has 1 heterocycles. The van der Waals surface area contributed by atoms with E-state index in [-0.39, 0.29) is 17.1 Å². The average molecular weight is 425 g/mol. The van der Waals surface area contributed by atoms with Crippen molar-refractivity contribution in [1.82, 2.24) is 4.57 Å². The minimum absolute atomic E-state index is 0.0851. The van der Waals surface area contributed by atoms with Crippen LogP contribution in [-0.4, -0.2) is 30.7 Å². The zero-order valence-electron chi connectivity index (χ0n) is 14.4. The number of aromatic nitrogens is 1. The summed E-state index contributed by atoms with van der Waals surface area (Å²) in [5.74, 6) is -0.357. The minimum Gasteiger partial charge on any atom is -0.497 e. The van der Waals surface area contributed by atoms with Gasteiger partial charge in [-0.1, -0.05) is 34.5 Å². The van der Waals surface area contributed by atoms with E-state index >= 15 is 0 Å². The van der Waals surface area contributed by atoms with Gasteiger partial charge < -0.3 is 14.0 Å². The number of esters is 1. The predicted octanol–water partition coefficient (Wildman–Crippen LogP) is 3.93. The van der Waals surface area contributed by atoms with E-state index in [9.17, 15) is 9.59 Å². The van der Waals surface area contributed by atoms with E-state index in [4.69, 9.17) is 32.7 Å². The Kier molecular flexibility index (Phi) is 5.84. The Morgan fingerprint density at radius 1 is 1.15 bits per heavy atom. The van der Waals surface area contributed by atoms with Gasteiger partial charge in [0.15, 0.2) is 4.80 Å². The normalized spacial score (nSPS) is 11.6. The van der Waals surface area contributed by atoms with Gasteiger partial charge in [-0.25, -0.2) is 0 Å². The molecule has 0 spiro atoms. The average Bonchev–Trinajstić information content (AvgIpc) is 2.99. The molecule has 1 amide bonds. The van der Waals surface area contributed by atoms with E-state index in [2.05, 4.69) is 4.99 Å². The van der Waals surface area contributed by atoms with Crippen molar-refractivity contribution in [3.05, 3.63) is 56.8 Å². The second kappa shape index (κ2) is 8.12.